The van der Waals surface area contributed by atoms with Crippen molar-refractivity contribution in [3.8, 4) is 5.75 Å². The van der Waals surface area contributed by atoms with Gasteiger partial charge in [0.1, 0.15) is 5.75 Å². The van der Waals surface area contributed by atoms with Gasteiger partial charge in [-0.1, -0.05) is 17.7 Å². The Hall–Kier alpha value is -2.73. The lowest BCUT2D eigenvalue weighted by Gasteiger charge is -2.09. The van der Waals surface area contributed by atoms with Crippen LogP contribution in [0.15, 0.2) is 48.5 Å². The number of amides is 3. The quantitative estimate of drug-likeness (QED) is 0.807. The molecule has 0 heterocycles. The van der Waals surface area contributed by atoms with E-state index in [0.717, 1.165) is 0 Å². The lowest BCUT2D eigenvalue weighted by Crippen LogP contribution is -2.24. The molecule has 0 aromatic heterocycles. The fourth-order valence-corrected chi connectivity index (χ4v) is 1.74. The third-order valence-corrected chi connectivity index (χ3v) is 2.87. The maximum Gasteiger partial charge on any atom is 0.417 e. The van der Waals surface area contributed by atoms with Crippen LogP contribution in [0.1, 0.15) is 0 Å². The molecule has 0 bridgehead atoms. The molecule has 22 heavy (non-hydrogen) atoms. The average molecular weight is 320 g/mol. The maximum absolute atomic E-state index is 11.8. The maximum atomic E-state index is 11.8. The van der Waals surface area contributed by atoms with Crippen LogP contribution in [0.25, 0.3) is 0 Å². The third kappa shape index (κ3) is 4.68. The van der Waals surface area contributed by atoms with Crippen LogP contribution in [-0.4, -0.2) is 19.2 Å². The Labute approximate surface area is 132 Å². The summed E-state index contributed by atoms with van der Waals surface area (Å²) in [6.45, 7) is 0. The van der Waals surface area contributed by atoms with Crippen molar-refractivity contribution in [2.24, 2.45) is 0 Å². The summed E-state index contributed by atoms with van der Waals surface area (Å²) in [5.41, 5.74) is 1.07. The van der Waals surface area contributed by atoms with E-state index in [2.05, 4.69) is 16.0 Å². The highest BCUT2D eigenvalue weighted by Gasteiger charge is 2.06. The van der Waals surface area contributed by atoms with Crippen molar-refractivity contribution in [1.29, 1.82) is 0 Å². The van der Waals surface area contributed by atoms with Crippen LogP contribution >= 0.6 is 11.6 Å². The summed E-state index contributed by atoms with van der Waals surface area (Å²) in [4.78, 5) is 23.0. The lowest BCUT2D eigenvalue weighted by atomic mass is 10.3. The smallest absolute Gasteiger partial charge is 0.410 e. The average Bonchev–Trinajstić information content (AvgIpc) is 2.49. The first kappa shape index (κ1) is 15.7. The number of rotatable bonds is 3. The second-order valence-electron chi connectivity index (χ2n) is 4.25. The Kier molecular flexibility index (Phi) is 5.21. The van der Waals surface area contributed by atoms with Gasteiger partial charge in [0.05, 0.1) is 0 Å². The molecule has 7 heteroatoms. The first-order chi connectivity index (χ1) is 10.6. The molecule has 0 unspecified atom stereocenters. The molecule has 0 aliphatic heterocycles. The second kappa shape index (κ2) is 7.33. The molecular weight excluding hydrogens is 306 g/mol. The number of urea groups is 1. The highest BCUT2D eigenvalue weighted by Crippen LogP contribution is 2.18. The van der Waals surface area contributed by atoms with Crippen LogP contribution in [0.2, 0.25) is 5.02 Å². The molecule has 0 saturated carbocycles. The van der Waals surface area contributed by atoms with Crippen LogP contribution < -0.4 is 20.7 Å². The molecular formula is C15H14ClN3O3. The SMILES string of the molecule is CNC(=O)Nc1cccc(OC(=O)Nc2ccc(Cl)cc2)c1. The van der Waals surface area contributed by atoms with Crippen molar-refractivity contribution in [3.63, 3.8) is 0 Å². The molecule has 2 rings (SSSR count). The van der Waals surface area contributed by atoms with E-state index in [1.54, 1.807) is 42.5 Å². The van der Waals surface area contributed by atoms with E-state index in [4.69, 9.17) is 16.3 Å². The van der Waals surface area contributed by atoms with Crippen molar-refractivity contribution >= 4 is 35.1 Å². The van der Waals surface area contributed by atoms with E-state index in [-0.39, 0.29) is 6.03 Å². The van der Waals surface area contributed by atoms with Crippen LogP contribution in [0.3, 0.4) is 0 Å². The molecule has 2 aromatic carbocycles. The van der Waals surface area contributed by atoms with Gasteiger partial charge in [-0.15, -0.1) is 0 Å². The predicted octanol–water partition coefficient (Wildman–Crippen LogP) is 3.70. The van der Waals surface area contributed by atoms with Gasteiger partial charge in [-0.3, -0.25) is 5.32 Å². The van der Waals surface area contributed by atoms with Gasteiger partial charge < -0.3 is 15.4 Å². The molecule has 0 aliphatic rings. The van der Waals surface area contributed by atoms with Gasteiger partial charge in [0, 0.05) is 29.5 Å². The summed E-state index contributed by atoms with van der Waals surface area (Å²) in [5, 5.41) is 8.16. The highest BCUT2D eigenvalue weighted by atomic mass is 35.5. The highest BCUT2D eigenvalue weighted by molar-refractivity contribution is 6.30. The zero-order valence-electron chi connectivity index (χ0n) is 11.7. The van der Waals surface area contributed by atoms with Gasteiger partial charge in [0.2, 0.25) is 0 Å². The number of carbonyl (C=O) groups is 2. The summed E-state index contributed by atoms with van der Waals surface area (Å²) in [7, 11) is 1.51. The molecule has 6 nitrogen and oxygen atoms in total. The van der Waals surface area contributed by atoms with Gasteiger partial charge in [-0.25, -0.2) is 9.59 Å². The van der Waals surface area contributed by atoms with Gasteiger partial charge >= 0.3 is 12.1 Å². The standard InChI is InChI=1S/C15H14ClN3O3/c1-17-14(20)18-12-3-2-4-13(9-12)22-15(21)19-11-7-5-10(16)6-8-11/h2-9H,1H3,(H,19,21)(H2,17,18,20). The fourth-order valence-electron chi connectivity index (χ4n) is 1.61. The molecule has 0 atom stereocenters. The van der Waals surface area contributed by atoms with Crippen molar-refractivity contribution < 1.29 is 14.3 Å². The summed E-state index contributed by atoms with van der Waals surface area (Å²) >= 11 is 5.77. The van der Waals surface area contributed by atoms with Gasteiger partial charge in [0.25, 0.3) is 0 Å². The number of benzene rings is 2. The van der Waals surface area contributed by atoms with Crippen LogP contribution in [0.5, 0.6) is 5.75 Å². The lowest BCUT2D eigenvalue weighted by molar-refractivity contribution is 0.215. The Bertz CT molecular complexity index is 674. The summed E-state index contributed by atoms with van der Waals surface area (Å²) in [6.07, 6.45) is -0.639. The monoisotopic (exact) mass is 319 g/mol. The predicted molar refractivity (Wildman–Crippen MR) is 85.6 cm³/mol. The first-order valence-corrected chi connectivity index (χ1v) is 6.78. The number of hydrogen-bond donors (Lipinski definition) is 3. The Balaban J connectivity index is 1.97. The largest absolute Gasteiger partial charge is 0.417 e. The van der Waals surface area contributed by atoms with Crippen molar-refractivity contribution in [2.45, 2.75) is 0 Å². The second-order valence-corrected chi connectivity index (χ2v) is 4.69. The molecule has 0 fully saturated rings. The zero-order valence-corrected chi connectivity index (χ0v) is 12.5. The van der Waals surface area contributed by atoms with E-state index in [1.807, 2.05) is 0 Å². The number of ether oxygens (including phenoxy) is 1. The van der Waals surface area contributed by atoms with Crippen LogP contribution in [0, 0.1) is 0 Å². The van der Waals surface area contributed by atoms with Crippen molar-refractivity contribution in [3.05, 3.63) is 53.6 Å². The Morgan fingerprint density at radius 1 is 1.00 bits per heavy atom. The number of hydrogen-bond acceptors (Lipinski definition) is 3. The Morgan fingerprint density at radius 2 is 1.73 bits per heavy atom. The molecule has 0 aliphatic carbocycles. The van der Waals surface area contributed by atoms with Gasteiger partial charge in [-0.05, 0) is 36.4 Å². The molecule has 114 valence electrons. The minimum Gasteiger partial charge on any atom is -0.410 e. The summed E-state index contributed by atoms with van der Waals surface area (Å²) < 4.78 is 5.15. The number of halogens is 1. The minimum absolute atomic E-state index is 0.306. The van der Waals surface area contributed by atoms with Gasteiger partial charge in [0.15, 0.2) is 0 Å². The van der Waals surface area contributed by atoms with E-state index < -0.39 is 6.09 Å². The number of carbonyl (C=O) groups excluding carboxylic acids is 2. The van der Waals surface area contributed by atoms with Gasteiger partial charge in [-0.2, -0.15) is 0 Å². The molecule has 3 N–H and O–H groups in total. The molecule has 3 amide bonds. The number of nitrogens with one attached hydrogen (secondary N) is 3. The third-order valence-electron chi connectivity index (χ3n) is 2.62. The van der Waals surface area contributed by atoms with E-state index in [9.17, 15) is 9.59 Å². The molecule has 2 aromatic rings. The van der Waals surface area contributed by atoms with E-state index >= 15 is 0 Å². The normalized spacial score (nSPS) is 9.73. The van der Waals surface area contributed by atoms with Crippen molar-refractivity contribution in [2.75, 3.05) is 17.7 Å². The fraction of sp³-hybridized carbons (Fsp3) is 0.0667. The van der Waals surface area contributed by atoms with Crippen LogP contribution in [0.4, 0.5) is 21.0 Å². The van der Waals surface area contributed by atoms with E-state index in [0.29, 0.717) is 22.1 Å². The number of anilines is 2. The first-order valence-electron chi connectivity index (χ1n) is 6.40. The summed E-state index contributed by atoms with van der Waals surface area (Å²) in [5.74, 6) is 0.306. The molecule has 0 spiro atoms. The van der Waals surface area contributed by atoms with E-state index in [1.165, 1.54) is 13.1 Å². The topological polar surface area (TPSA) is 79.5 Å². The summed E-state index contributed by atoms with van der Waals surface area (Å²) in [6, 6.07) is 12.8. The van der Waals surface area contributed by atoms with Crippen molar-refractivity contribution in [1.82, 2.24) is 5.32 Å². The van der Waals surface area contributed by atoms with Crippen LogP contribution in [-0.2, 0) is 0 Å². The molecule has 0 saturated heterocycles. The minimum atomic E-state index is -0.639. The zero-order chi connectivity index (χ0) is 15.9. The molecule has 0 radical (unpaired) electrons. The Morgan fingerprint density at radius 3 is 2.41 bits per heavy atom.